The number of rotatable bonds is 1. The van der Waals surface area contributed by atoms with Crippen molar-refractivity contribution >= 4 is 34.7 Å². The third kappa shape index (κ3) is 2.32. The van der Waals surface area contributed by atoms with Crippen LogP contribution in [0.1, 0.15) is 0 Å². The Morgan fingerprint density at radius 3 is 3.00 bits per heavy atom. The van der Waals surface area contributed by atoms with Crippen LogP contribution in [0.4, 0.5) is 5.82 Å². The van der Waals surface area contributed by atoms with Crippen LogP contribution in [-0.4, -0.2) is 17.1 Å². The minimum atomic E-state index is 0.496. The number of thiocarbonyl (C=S) groups is 1. The van der Waals surface area contributed by atoms with E-state index in [1.807, 2.05) is 0 Å². The van der Waals surface area contributed by atoms with E-state index in [2.05, 4.69) is 15.6 Å². The lowest BCUT2D eigenvalue weighted by Gasteiger charge is -2.06. The van der Waals surface area contributed by atoms with Crippen molar-refractivity contribution in [3.8, 4) is 0 Å². The van der Waals surface area contributed by atoms with Crippen LogP contribution in [0.5, 0.6) is 0 Å². The van der Waals surface area contributed by atoms with Crippen LogP contribution in [0.2, 0.25) is 5.02 Å². The topological polar surface area (TPSA) is 37.0 Å². The molecule has 0 bridgehead atoms. The van der Waals surface area contributed by atoms with Crippen LogP contribution in [0.25, 0.3) is 0 Å². The summed E-state index contributed by atoms with van der Waals surface area (Å²) >= 11 is 10.7. The van der Waals surface area contributed by atoms with Crippen molar-refractivity contribution in [2.75, 3.05) is 12.4 Å². The lowest BCUT2D eigenvalue weighted by Crippen LogP contribution is -2.24. The first-order valence-electron chi connectivity index (χ1n) is 3.33. The zero-order valence-electron chi connectivity index (χ0n) is 6.47. The number of hydrogen-bond donors (Lipinski definition) is 2. The van der Waals surface area contributed by atoms with Crippen molar-refractivity contribution < 1.29 is 0 Å². The maximum atomic E-state index is 5.81. The van der Waals surface area contributed by atoms with Gasteiger partial charge in [-0.2, -0.15) is 0 Å². The molecule has 0 aliphatic carbocycles. The predicted molar refractivity (Wildman–Crippen MR) is 54.5 cm³/mol. The van der Waals surface area contributed by atoms with E-state index < -0.39 is 0 Å². The monoisotopic (exact) mass is 201 g/mol. The van der Waals surface area contributed by atoms with Gasteiger partial charge in [0.15, 0.2) is 10.9 Å². The van der Waals surface area contributed by atoms with Crippen molar-refractivity contribution in [1.82, 2.24) is 10.3 Å². The van der Waals surface area contributed by atoms with Crippen LogP contribution in [0.3, 0.4) is 0 Å². The molecule has 1 aromatic heterocycles. The highest BCUT2D eigenvalue weighted by Crippen LogP contribution is 2.16. The smallest absolute Gasteiger partial charge is 0.171 e. The molecular formula is C7H8ClN3S. The molecule has 64 valence electrons. The number of halogens is 1. The fourth-order valence-electron chi connectivity index (χ4n) is 0.648. The van der Waals surface area contributed by atoms with Crippen LogP contribution in [-0.2, 0) is 0 Å². The summed E-state index contributed by atoms with van der Waals surface area (Å²) in [6.07, 6.45) is 1.65. The maximum Gasteiger partial charge on any atom is 0.171 e. The van der Waals surface area contributed by atoms with Gasteiger partial charge in [0, 0.05) is 13.2 Å². The summed E-state index contributed by atoms with van der Waals surface area (Å²) in [7, 11) is 1.73. The van der Waals surface area contributed by atoms with Gasteiger partial charge in [-0.05, 0) is 24.4 Å². The molecule has 5 heteroatoms. The second-order valence-electron chi connectivity index (χ2n) is 2.04. The normalized spacial score (nSPS) is 9.17. The standard InChI is InChI=1S/C7H8ClN3S/c1-9-7(12)11-6-5(8)3-2-4-10-6/h2-4H,1H3,(H2,9,10,11,12). The van der Waals surface area contributed by atoms with E-state index in [4.69, 9.17) is 23.8 Å². The Labute approximate surface area is 81.1 Å². The molecule has 0 saturated heterocycles. The average molecular weight is 202 g/mol. The third-order valence-corrected chi connectivity index (χ3v) is 1.83. The van der Waals surface area contributed by atoms with E-state index in [1.165, 1.54) is 0 Å². The highest BCUT2D eigenvalue weighted by molar-refractivity contribution is 7.80. The minimum absolute atomic E-state index is 0.496. The van der Waals surface area contributed by atoms with Gasteiger partial charge < -0.3 is 10.6 Å². The van der Waals surface area contributed by atoms with Gasteiger partial charge in [0.2, 0.25) is 0 Å². The third-order valence-electron chi connectivity index (χ3n) is 1.22. The second-order valence-corrected chi connectivity index (χ2v) is 2.85. The first-order valence-corrected chi connectivity index (χ1v) is 4.12. The molecule has 0 aliphatic heterocycles. The quantitative estimate of drug-likeness (QED) is 0.678. The lowest BCUT2D eigenvalue weighted by atomic mass is 10.4. The molecule has 1 aromatic rings. The zero-order chi connectivity index (χ0) is 8.97. The van der Waals surface area contributed by atoms with Gasteiger partial charge in [-0.3, -0.25) is 0 Å². The Kier molecular flexibility index (Phi) is 3.25. The van der Waals surface area contributed by atoms with Gasteiger partial charge >= 0.3 is 0 Å². The number of aromatic nitrogens is 1. The number of nitrogens with zero attached hydrogens (tertiary/aromatic N) is 1. The van der Waals surface area contributed by atoms with Gasteiger partial charge in [-0.25, -0.2) is 4.98 Å². The Hall–Kier alpha value is -0.870. The number of pyridine rings is 1. The van der Waals surface area contributed by atoms with Crippen LogP contribution in [0, 0.1) is 0 Å². The Morgan fingerprint density at radius 2 is 2.42 bits per heavy atom. The molecular weight excluding hydrogens is 194 g/mol. The average Bonchev–Trinajstić information content (AvgIpc) is 2.09. The molecule has 0 fully saturated rings. The van der Waals surface area contributed by atoms with Gasteiger partial charge in [0.05, 0.1) is 5.02 Å². The van der Waals surface area contributed by atoms with Crippen LogP contribution < -0.4 is 10.6 Å². The molecule has 1 rings (SSSR count). The molecule has 2 N–H and O–H groups in total. The largest absolute Gasteiger partial charge is 0.365 e. The predicted octanol–water partition coefficient (Wildman–Crippen LogP) is 1.65. The van der Waals surface area contributed by atoms with Crippen molar-refractivity contribution in [1.29, 1.82) is 0 Å². The van der Waals surface area contributed by atoms with Gasteiger partial charge in [0.1, 0.15) is 0 Å². The Bertz CT molecular complexity index is 290. The number of nitrogens with one attached hydrogen (secondary N) is 2. The maximum absolute atomic E-state index is 5.81. The summed E-state index contributed by atoms with van der Waals surface area (Å²) < 4.78 is 0. The molecule has 0 amide bonds. The first kappa shape index (κ1) is 9.22. The van der Waals surface area contributed by atoms with E-state index >= 15 is 0 Å². The van der Waals surface area contributed by atoms with Crippen molar-refractivity contribution in [2.24, 2.45) is 0 Å². The molecule has 12 heavy (non-hydrogen) atoms. The number of hydrogen-bond acceptors (Lipinski definition) is 2. The molecule has 0 aromatic carbocycles. The van der Waals surface area contributed by atoms with E-state index in [0.717, 1.165) is 0 Å². The van der Waals surface area contributed by atoms with Gasteiger partial charge in [-0.1, -0.05) is 11.6 Å². The van der Waals surface area contributed by atoms with E-state index in [1.54, 1.807) is 25.4 Å². The summed E-state index contributed by atoms with van der Waals surface area (Å²) in [4.78, 5) is 4.00. The summed E-state index contributed by atoms with van der Waals surface area (Å²) in [5, 5.41) is 6.65. The first-order chi connectivity index (χ1) is 5.74. The Morgan fingerprint density at radius 1 is 1.67 bits per heavy atom. The Balaban J connectivity index is 2.75. The molecule has 1 heterocycles. The van der Waals surface area contributed by atoms with Crippen molar-refractivity contribution in [3.05, 3.63) is 23.4 Å². The molecule has 0 radical (unpaired) electrons. The van der Waals surface area contributed by atoms with Crippen LogP contribution in [0.15, 0.2) is 18.3 Å². The minimum Gasteiger partial charge on any atom is -0.365 e. The molecule has 3 nitrogen and oxygen atoms in total. The van der Waals surface area contributed by atoms with Crippen molar-refractivity contribution in [3.63, 3.8) is 0 Å². The molecule has 0 aliphatic rings. The number of anilines is 1. The van der Waals surface area contributed by atoms with Gasteiger partial charge in [-0.15, -0.1) is 0 Å². The summed E-state index contributed by atoms with van der Waals surface area (Å²) in [6, 6.07) is 3.51. The molecule has 0 spiro atoms. The fourth-order valence-corrected chi connectivity index (χ4v) is 0.913. The molecule has 0 atom stereocenters. The van der Waals surface area contributed by atoms with Gasteiger partial charge in [0.25, 0.3) is 0 Å². The zero-order valence-corrected chi connectivity index (χ0v) is 8.04. The summed E-state index contributed by atoms with van der Waals surface area (Å²) in [5.74, 6) is 0.568. The second kappa shape index (κ2) is 4.23. The van der Waals surface area contributed by atoms with E-state index in [9.17, 15) is 0 Å². The SMILES string of the molecule is CNC(=S)Nc1ncccc1Cl. The van der Waals surface area contributed by atoms with Crippen molar-refractivity contribution in [2.45, 2.75) is 0 Å². The molecule has 0 saturated carbocycles. The lowest BCUT2D eigenvalue weighted by molar-refractivity contribution is 1.18. The molecule has 0 unspecified atom stereocenters. The van der Waals surface area contributed by atoms with E-state index in [0.29, 0.717) is 16.0 Å². The fraction of sp³-hybridized carbons (Fsp3) is 0.143. The van der Waals surface area contributed by atoms with E-state index in [-0.39, 0.29) is 0 Å². The summed E-state index contributed by atoms with van der Waals surface area (Å²) in [6.45, 7) is 0. The van der Waals surface area contributed by atoms with Crippen LogP contribution >= 0.6 is 23.8 Å². The summed E-state index contributed by atoms with van der Waals surface area (Å²) in [5.41, 5.74) is 0. The highest BCUT2D eigenvalue weighted by atomic mass is 35.5. The highest BCUT2D eigenvalue weighted by Gasteiger charge is 2.00.